The summed E-state index contributed by atoms with van der Waals surface area (Å²) in [5.74, 6) is 0.829. The Morgan fingerprint density at radius 1 is 1.23 bits per heavy atom. The van der Waals surface area contributed by atoms with Gasteiger partial charge in [0.05, 0.1) is 12.2 Å². The number of benzene rings is 1. The quantitative estimate of drug-likeness (QED) is 0.297. The van der Waals surface area contributed by atoms with E-state index in [1.165, 1.54) is 0 Å². The molecule has 0 saturated heterocycles. The van der Waals surface area contributed by atoms with Crippen molar-refractivity contribution in [1.82, 2.24) is 20.1 Å². The first-order valence-electron chi connectivity index (χ1n) is 9.61. The van der Waals surface area contributed by atoms with Crippen LogP contribution in [-0.4, -0.2) is 61.4 Å². The van der Waals surface area contributed by atoms with Crippen molar-refractivity contribution in [2.45, 2.75) is 32.5 Å². The molecule has 0 spiro atoms. The summed E-state index contributed by atoms with van der Waals surface area (Å²) in [4.78, 5) is 25.1. The molecule has 2 aromatic rings. The van der Waals surface area contributed by atoms with Crippen LogP contribution in [0.4, 0.5) is 0 Å². The van der Waals surface area contributed by atoms with Gasteiger partial charge in [0.1, 0.15) is 11.1 Å². The highest BCUT2D eigenvalue weighted by atomic mass is 127. The Balaban J connectivity index is 0.00000450. The fourth-order valence-corrected chi connectivity index (χ4v) is 3.64. The summed E-state index contributed by atoms with van der Waals surface area (Å²) in [5, 5.41) is 6.26. The molecule has 30 heavy (non-hydrogen) atoms. The lowest BCUT2D eigenvalue weighted by molar-refractivity contribution is -0.130. The van der Waals surface area contributed by atoms with Gasteiger partial charge in [-0.1, -0.05) is 30.3 Å². The van der Waals surface area contributed by atoms with E-state index < -0.39 is 0 Å². The Morgan fingerprint density at radius 2 is 1.93 bits per heavy atom. The van der Waals surface area contributed by atoms with Crippen LogP contribution in [-0.2, 0) is 22.6 Å². The number of nitrogens with one attached hydrogen (secondary N) is 1. The predicted octanol–water partition coefficient (Wildman–Crippen LogP) is 3.52. The fourth-order valence-electron chi connectivity index (χ4n) is 2.80. The van der Waals surface area contributed by atoms with E-state index in [1.54, 1.807) is 30.4 Å². The molecule has 1 aromatic carbocycles. The normalized spacial score (nSPS) is 12.1. The minimum atomic E-state index is -0.00428. The summed E-state index contributed by atoms with van der Waals surface area (Å²) in [7, 11) is 7.21. The number of aromatic nitrogens is 1. The van der Waals surface area contributed by atoms with Crippen LogP contribution in [0.5, 0.6) is 0 Å². The Labute approximate surface area is 200 Å². The molecular formula is C21H32IN5O2S. The predicted molar refractivity (Wildman–Crippen MR) is 133 cm³/mol. The van der Waals surface area contributed by atoms with Gasteiger partial charge in [-0.15, -0.1) is 35.3 Å². The molecule has 2 rings (SSSR count). The molecule has 166 valence electrons. The van der Waals surface area contributed by atoms with E-state index in [4.69, 9.17) is 4.74 Å². The van der Waals surface area contributed by atoms with Crippen molar-refractivity contribution in [2.24, 2.45) is 4.99 Å². The summed E-state index contributed by atoms with van der Waals surface area (Å²) in [5.41, 5.74) is 2.09. The summed E-state index contributed by atoms with van der Waals surface area (Å²) >= 11 is 1.60. The Bertz CT molecular complexity index is 800. The van der Waals surface area contributed by atoms with Gasteiger partial charge < -0.3 is 19.9 Å². The third kappa shape index (κ3) is 8.19. The van der Waals surface area contributed by atoms with Crippen molar-refractivity contribution in [3.63, 3.8) is 0 Å². The van der Waals surface area contributed by atoms with Gasteiger partial charge in [0.25, 0.3) is 0 Å². The third-order valence-corrected chi connectivity index (χ3v) is 5.61. The van der Waals surface area contributed by atoms with Crippen LogP contribution < -0.4 is 5.32 Å². The number of halogens is 1. The Kier molecular flexibility index (Phi) is 11.9. The monoisotopic (exact) mass is 545 g/mol. The van der Waals surface area contributed by atoms with Crippen molar-refractivity contribution in [3.8, 4) is 0 Å². The average Bonchev–Trinajstić information content (AvgIpc) is 3.19. The van der Waals surface area contributed by atoms with Crippen LogP contribution in [0.2, 0.25) is 0 Å². The standard InChI is InChI=1S/C21H31N5O2S.HI/c1-16(28-5)20-24-18(15-29-20)14-26(4)21(22-2)23-12-11-19(27)25(3)13-17-9-7-6-8-10-17;/h6-10,15-16H,11-14H2,1-5H3,(H,22,23);1H. The van der Waals surface area contributed by atoms with Crippen LogP contribution in [0.25, 0.3) is 0 Å². The van der Waals surface area contributed by atoms with E-state index in [2.05, 4.69) is 15.3 Å². The third-order valence-electron chi connectivity index (χ3n) is 4.55. The van der Waals surface area contributed by atoms with E-state index >= 15 is 0 Å². The number of carbonyl (C=O) groups is 1. The number of hydrogen-bond donors (Lipinski definition) is 1. The minimum Gasteiger partial charge on any atom is -0.375 e. The lowest BCUT2D eigenvalue weighted by Crippen LogP contribution is -2.40. The number of rotatable bonds is 9. The maximum Gasteiger partial charge on any atom is 0.224 e. The Hall–Kier alpha value is -1.72. The topological polar surface area (TPSA) is 70.1 Å². The maximum absolute atomic E-state index is 12.4. The number of methoxy groups -OCH3 is 1. The lowest BCUT2D eigenvalue weighted by Gasteiger charge is -2.22. The molecule has 9 heteroatoms. The molecule has 1 aromatic heterocycles. The fraction of sp³-hybridized carbons (Fsp3) is 0.476. The molecule has 0 aliphatic rings. The number of carbonyl (C=O) groups excluding carboxylic acids is 1. The lowest BCUT2D eigenvalue weighted by atomic mass is 10.2. The molecule has 1 N–H and O–H groups in total. The van der Waals surface area contributed by atoms with Gasteiger partial charge in [0.2, 0.25) is 5.91 Å². The van der Waals surface area contributed by atoms with E-state index in [0.29, 0.717) is 26.1 Å². The molecule has 0 saturated carbocycles. The second-order valence-corrected chi connectivity index (χ2v) is 7.76. The highest BCUT2D eigenvalue weighted by Gasteiger charge is 2.14. The van der Waals surface area contributed by atoms with E-state index in [0.717, 1.165) is 22.2 Å². The van der Waals surface area contributed by atoms with Crippen LogP contribution in [0.15, 0.2) is 40.7 Å². The molecule has 0 bridgehead atoms. The van der Waals surface area contributed by atoms with Crippen LogP contribution in [0.3, 0.4) is 0 Å². The summed E-state index contributed by atoms with van der Waals surface area (Å²) in [6.45, 7) is 3.76. The summed E-state index contributed by atoms with van der Waals surface area (Å²) in [6.07, 6.45) is 0.401. The van der Waals surface area contributed by atoms with Crippen LogP contribution in [0, 0.1) is 0 Å². The zero-order valence-electron chi connectivity index (χ0n) is 18.3. The second kappa shape index (κ2) is 13.6. The van der Waals surface area contributed by atoms with E-state index in [9.17, 15) is 4.79 Å². The van der Waals surface area contributed by atoms with Crippen molar-refractivity contribution in [3.05, 3.63) is 52.0 Å². The van der Waals surface area contributed by atoms with Gasteiger partial charge in [-0.2, -0.15) is 0 Å². The SMILES string of the molecule is CN=C(NCCC(=O)N(C)Cc1ccccc1)N(C)Cc1csc(C(C)OC)n1.I. The molecule has 1 unspecified atom stereocenters. The number of aliphatic imine (C=N–C) groups is 1. The highest BCUT2D eigenvalue weighted by Crippen LogP contribution is 2.20. The highest BCUT2D eigenvalue weighted by molar-refractivity contribution is 14.0. The van der Waals surface area contributed by atoms with Crippen molar-refractivity contribution in [1.29, 1.82) is 0 Å². The number of guanidine groups is 1. The van der Waals surface area contributed by atoms with Crippen molar-refractivity contribution >= 4 is 47.2 Å². The average molecular weight is 545 g/mol. The van der Waals surface area contributed by atoms with Crippen LogP contribution >= 0.6 is 35.3 Å². The molecular weight excluding hydrogens is 513 g/mol. The number of ether oxygens (including phenoxy) is 1. The zero-order valence-corrected chi connectivity index (χ0v) is 21.4. The smallest absolute Gasteiger partial charge is 0.224 e. The van der Waals surface area contributed by atoms with Gasteiger partial charge >= 0.3 is 0 Å². The van der Waals surface area contributed by atoms with Crippen molar-refractivity contribution in [2.75, 3.05) is 34.8 Å². The zero-order chi connectivity index (χ0) is 21.2. The molecule has 1 amide bonds. The van der Waals surface area contributed by atoms with E-state index in [-0.39, 0.29) is 36.0 Å². The number of hydrogen-bond acceptors (Lipinski definition) is 5. The number of thiazole rings is 1. The number of nitrogens with zero attached hydrogens (tertiary/aromatic N) is 4. The molecule has 0 radical (unpaired) electrons. The molecule has 0 fully saturated rings. The molecule has 0 aliphatic carbocycles. The van der Waals surface area contributed by atoms with Gasteiger partial charge in [0, 0.05) is 53.1 Å². The first-order chi connectivity index (χ1) is 13.9. The largest absolute Gasteiger partial charge is 0.375 e. The van der Waals surface area contributed by atoms with Crippen molar-refractivity contribution < 1.29 is 9.53 Å². The molecule has 7 nitrogen and oxygen atoms in total. The Morgan fingerprint density at radius 3 is 2.57 bits per heavy atom. The molecule has 0 aliphatic heterocycles. The van der Waals surface area contributed by atoms with Gasteiger partial charge in [-0.25, -0.2) is 4.98 Å². The maximum atomic E-state index is 12.4. The molecule has 1 heterocycles. The first-order valence-corrected chi connectivity index (χ1v) is 10.5. The first kappa shape index (κ1) is 26.3. The minimum absolute atomic E-state index is 0. The van der Waals surface area contributed by atoms with Gasteiger partial charge in [-0.05, 0) is 12.5 Å². The molecule has 1 atom stereocenters. The van der Waals surface area contributed by atoms with Crippen LogP contribution in [0.1, 0.15) is 35.7 Å². The van der Waals surface area contributed by atoms with E-state index in [1.807, 2.05) is 61.6 Å². The van der Waals surface area contributed by atoms with Gasteiger partial charge in [0.15, 0.2) is 5.96 Å². The summed E-state index contributed by atoms with van der Waals surface area (Å²) in [6, 6.07) is 9.99. The van der Waals surface area contributed by atoms with Gasteiger partial charge in [-0.3, -0.25) is 9.79 Å². The summed E-state index contributed by atoms with van der Waals surface area (Å²) < 4.78 is 5.32. The number of amides is 1. The second-order valence-electron chi connectivity index (χ2n) is 6.87.